The van der Waals surface area contributed by atoms with Gasteiger partial charge >= 0.3 is 0 Å². The van der Waals surface area contributed by atoms with Gasteiger partial charge < -0.3 is 20.3 Å². The molecule has 1 saturated heterocycles. The molecule has 0 aromatic heterocycles. The molecule has 1 unspecified atom stereocenters. The molecule has 6 nitrogen and oxygen atoms in total. The second-order valence-corrected chi connectivity index (χ2v) is 7.13. The highest BCUT2D eigenvalue weighted by Gasteiger charge is 2.25. The van der Waals surface area contributed by atoms with Gasteiger partial charge in [0.2, 0.25) is 5.91 Å². The number of likely N-dealkylation sites (tertiary alicyclic amines) is 1. The molecule has 0 aliphatic carbocycles. The number of aliphatic imine (C=N–C) groups is 1. The molecule has 1 fully saturated rings. The van der Waals surface area contributed by atoms with E-state index in [1.54, 1.807) is 0 Å². The van der Waals surface area contributed by atoms with Gasteiger partial charge in [-0.2, -0.15) is 0 Å². The lowest BCUT2D eigenvalue weighted by atomic mass is 10.2. The van der Waals surface area contributed by atoms with Gasteiger partial charge in [0, 0.05) is 50.1 Å². The van der Waals surface area contributed by atoms with Crippen LogP contribution in [0.1, 0.15) is 38.7 Å². The monoisotopic (exact) mass is 394 g/mol. The molecule has 7 heteroatoms. The van der Waals surface area contributed by atoms with Crippen LogP contribution in [-0.2, 0) is 4.79 Å². The van der Waals surface area contributed by atoms with Crippen molar-refractivity contribution >= 4 is 23.5 Å². The Hall–Kier alpha value is -1.95. The van der Waals surface area contributed by atoms with Gasteiger partial charge in [-0.15, -0.1) is 0 Å². The van der Waals surface area contributed by atoms with Crippen LogP contribution in [0, 0.1) is 6.92 Å². The van der Waals surface area contributed by atoms with Crippen LogP contribution in [0.25, 0.3) is 0 Å². The quantitative estimate of drug-likeness (QED) is 0.404. The summed E-state index contributed by atoms with van der Waals surface area (Å²) in [6.45, 7) is 9.58. The number of rotatable bonds is 8. The highest BCUT2D eigenvalue weighted by molar-refractivity contribution is 6.30. The van der Waals surface area contributed by atoms with Gasteiger partial charge in [-0.25, -0.2) is 0 Å². The van der Waals surface area contributed by atoms with Crippen molar-refractivity contribution in [2.75, 3.05) is 32.8 Å². The normalized spacial score (nSPS) is 17.1. The number of ether oxygens (including phenoxy) is 1. The van der Waals surface area contributed by atoms with E-state index in [-0.39, 0.29) is 11.9 Å². The predicted molar refractivity (Wildman–Crippen MR) is 111 cm³/mol. The Morgan fingerprint density at radius 1 is 1.41 bits per heavy atom. The van der Waals surface area contributed by atoms with Gasteiger partial charge in [0.1, 0.15) is 5.75 Å². The molecule has 0 saturated carbocycles. The standard InChI is InChI=1S/C20H31ClN4O2/c1-4-19(26)25-11-9-17(14-25)24-20(22-5-2)23-10-6-12-27-18-8-7-16(21)13-15(18)3/h7-8,13,17H,4-6,9-12,14H2,1-3H3,(H2,22,23,24). The molecule has 1 aromatic rings. The highest BCUT2D eigenvalue weighted by Crippen LogP contribution is 2.21. The van der Waals surface area contributed by atoms with Crippen molar-refractivity contribution in [1.82, 2.24) is 15.5 Å². The number of benzene rings is 1. The van der Waals surface area contributed by atoms with Crippen LogP contribution in [-0.4, -0.2) is 55.6 Å². The summed E-state index contributed by atoms with van der Waals surface area (Å²) in [7, 11) is 0. The summed E-state index contributed by atoms with van der Waals surface area (Å²) >= 11 is 5.96. The zero-order valence-corrected chi connectivity index (χ0v) is 17.3. The van der Waals surface area contributed by atoms with Crippen molar-refractivity contribution in [3.8, 4) is 5.75 Å². The third-order valence-electron chi connectivity index (χ3n) is 4.50. The van der Waals surface area contributed by atoms with Crippen LogP contribution >= 0.6 is 11.6 Å². The Balaban J connectivity index is 1.75. The van der Waals surface area contributed by atoms with E-state index >= 15 is 0 Å². The Morgan fingerprint density at radius 2 is 2.22 bits per heavy atom. The van der Waals surface area contributed by atoms with E-state index in [4.69, 9.17) is 16.3 Å². The first-order valence-corrected chi connectivity index (χ1v) is 10.1. The Morgan fingerprint density at radius 3 is 2.93 bits per heavy atom. The van der Waals surface area contributed by atoms with Crippen LogP contribution in [0.5, 0.6) is 5.75 Å². The molecule has 2 rings (SSSR count). The number of carbonyl (C=O) groups excluding carboxylic acids is 1. The number of aryl methyl sites for hydroxylation is 1. The number of hydrogen-bond acceptors (Lipinski definition) is 3. The zero-order chi connectivity index (χ0) is 19.6. The Bertz CT molecular complexity index is 651. The lowest BCUT2D eigenvalue weighted by molar-refractivity contribution is -0.129. The maximum atomic E-state index is 11.8. The van der Waals surface area contributed by atoms with Gasteiger partial charge in [-0.05, 0) is 44.0 Å². The smallest absolute Gasteiger partial charge is 0.222 e. The summed E-state index contributed by atoms with van der Waals surface area (Å²) in [5.41, 5.74) is 1.04. The minimum Gasteiger partial charge on any atom is -0.493 e. The lowest BCUT2D eigenvalue weighted by Gasteiger charge is -2.18. The average Bonchev–Trinajstić information content (AvgIpc) is 3.11. The molecule has 0 bridgehead atoms. The fourth-order valence-electron chi connectivity index (χ4n) is 3.05. The minimum absolute atomic E-state index is 0.218. The highest BCUT2D eigenvalue weighted by atomic mass is 35.5. The number of halogens is 1. The summed E-state index contributed by atoms with van der Waals surface area (Å²) in [5, 5.41) is 7.43. The molecule has 1 heterocycles. The molecule has 0 spiro atoms. The molecule has 150 valence electrons. The summed E-state index contributed by atoms with van der Waals surface area (Å²) < 4.78 is 5.81. The molecule has 0 radical (unpaired) electrons. The first kappa shape index (κ1) is 21.4. The Labute approximate surface area is 167 Å². The molecular weight excluding hydrogens is 364 g/mol. The SMILES string of the molecule is CCNC(=NCCCOc1ccc(Cl)cc1C)NC1CCN(C(=O)CC)C1. The van der Waals surface area contributed by atoms with Gasteiger partial charge in [0.15, 0.2) is 5.96 Å². The van der Waals surface area contributed by atoms with Crippen LogP contribution < -0.4 is 15.4 Å². The first-order valence-electron chi connectivity index (χ1n) is 9.75. The van der Waals surface area contributed by atoms with E-state index in [0.29, 0.717) is 19.6 Å². The van der Waals surface area contributed by atoms with E-state index in [9.17, 15) is 4.79 Å². The summed E-state index contributed by atoms with van der Waals surface area (Å²) in [6, 6.07) is 5.89. The number of amides is 1. The average molecular weight is 395 g/mol. The zero-order valence-electron chi connectivity index (χ0n) is 16.6. The van der Waals surface area contributed by atoms with Gasteiger partial charge in [-0.1, -0.05) is 18.5 Å². The van der Waals surface area contributed by atoms with E-state index in [2.05, 4.69) is 15.6 Å². The van der Waals surface area contributed by atoms with E-state index < -0.39 is 0 Å². The van der Waals surface area contributed by atoms with Crippen LogP contribution in [0.3, 0.4) is 0 Å². The number of nitrogens with zero attached hydrogens (tertiary/aromatic N) is 2. The van der Waals surface area contributed by atoms with Gasteiger partial charge in [0.25, 0.3) is 0 Å². The first-order chi connectivity index (χ1) is 13.0. The minimum atomic E-state index is 0.218. The topological polar surface area (TPSA) is 66.0 Å². The maximum Gasteiger partial charge on any atom is 0.222 e. The van der Waals surface area contributed by atoms with Crippen molar-refractivity contribution in [2.24, 2.45) is 4.99 Å². The van der Waals surface area contributed by atoms with E-state index in [0.717, 1.165) is 54.8 Å². The number of carbonyl (C=O) groups is 1. The summed E-state index contributed by atoms with van der Waals surface area (Å²) in [6.07, 6.45) is 2.34. The van der Waals surface area contributed by atoms with Crippen molar-refractivity contribution in [3.63, 3.8) is 0 Å². The third-order valence-corrected chi connectivity index (χ3v) is 4.73. The Kier molecular flexibility index (Phi) is 8.72. The van der Waals surface area contributed by atoms with Crippen molar-refractivity contribution in [2.45, 2.75) is 46.1 Å². The second kappa shape index (κ2) is 11.0. The van der Waals surface area contributed by atoms with Crippen molar-refractivity contribution < 1.29 is 9.53 Å². The molecular formula is C20H31ClN4O2. The maximum absolute atomic E-state index is 11.8. The van der Waals surface area contributed by atoms with E-state index in [1.165, 1.54) is 0 Å². The van der Waals surface area contributed by atoms with E-state index in [1.807, 2.05) is 43.9 Å². The molecule has 1 aromatic carbocycles. The molecule has 1 amide bonds. The fraction of sp³-hybridized carbons (Fsp3) is 0.600. The second-order valence-electron chi connectivity index (χ2n) is 6.70. The lowest BCUT2D eigenvalue weighted by Crippen LogP contribution is -2.45. The van der Waals surface area contributed by atoms with Crippen LogP contribution in [0.4, 0.5) is 0 Å². The van der Waals surface area contributed by atoms with Crippen molar-refractivity contribution in [3.05, 3.63) is 28.8 Å². The molecule has 1 aliphatic heterocycles. The largest absolute Gasteiger partial charge is 0.493 e. The molecule has 1 aliphatic rings. The third kappa shape index (κ3) is 6.94. The predicted octanol–water partition coefficient (Wildman–Crippen LogP) is 2.98. The molecule has 2 N–H and O–H groups in total. The molecule has 27 heavy (non-hydrogen) atoms. The number of guanidine groups is 1. The van der Waals surface area contributed by atoms with Crippen LogP contribution in [0.15, 0.2) is 23.2 Å². The van der Waals surface area contributed by atoms with Crippen LogP contribution in [0.2, 0.25) is 5.02 Å². The number of hydrogen-bond donors (Lipinski definition) is 2. The van der Waals surface area contributed by atoms with Crippen molar-refractivity contribution in [1.29, 1.82) is 0 Å². The van der Waals surface area contributed by atoms with Gasteiger partial charge in [0.05, 0.1) is 6.61 Å². The fourth-order valence-corrected chi connectivity index (χ4v) is 3.28. The summed E-state index contributed by atoms with van der Waals surface area (Å²) in [5.74, 6) is 1.88. The van der Waals surface area contributed by atoms with Gasteiger partial charge in [-0.3, -0.25) is 9.79 Å². The number of nitrogens with one attached hydrogen (secondary N) is 2. The summed E-state index contributed by atoms with van der Waals surface area (Å²) in [4.78, 5) is 18.4. The molecule has 1 atom stereocenters.